The van der Waals surface area contributed by atoms with Crippen LogP contribution in [0, 0.1) is 0 Å². The number of alkyl carbamates (subject to hydrolysis) is 1. The average molecular weight is 1790 g/mol. The molecular formula is C73H93Br5K2N4O18. The Bertz CT molecular complexity index is 3310. The van der Waals surface area contributed by atoms with Gasteiger partial charge in [0.15, 0.2) is 0 Å². The fourth-order valence-corrected chi connectivity index (χ4v) is 9.27. The van der Waals surface area contributed by atoms with Crippen molar-refractivity contribution in [3.8, 4) is 23.0 Å². The number of nitrogens with one attached hydrogen (secondary N) is 1. The number of phenolic OH excluding ortho intramolecular Hbond substituents is 1. The van der Waals surface area contributed by atoms with Crippen LogP contribution in [-0.2, 0) is 28.6 Å². The normalized spacial score (nSPS) is 11.4. The molecule has 102 heavy (non-hydrogen) atoms. The monoisotopic (exact) mass is 1790 g/mol. The van der Waals surface area contributed by atoms with E-state index in [0.29, 0.717) is 60.9 Å². The number of amides is 5. The molecule has 0 saturated carbocycles. The molecule has 0 saturated heterocycles. The topological polar surface area (TPSA) is 298 Å². The zero-order valence-electron chi connectivity index (χ0n) is 60.0. The number of nitrogens with two attached hydrogens (primary N) is 1. The van der Waals surface area contributed by atoms with Crippen molar-refractivity contribution < 1.29 is 191 Å². The minimum Gasteiger partial charge on any atom is -1.00 e. The maximum absolute atomic E-state index is 12.2. The fourth-order valence-electron chi connectivity index (χ4n) is 7.81. The molecule has 2 aliphatic rings. The van der Waals surface area contributed by atoms with Gasteiger partial charge >= 0.3 is 121 Å². The SMILES string of the molecule is C.CC(C)(C)OC(=O)NCCCCOc1ccc(Br)cc1.CC(C)(C)OC(=O)OC(=O)OC(C)(C)C.NCCCCOc1ccc(Br)cc1.O=C1c2ccccc2C(=O)N1CCCCBr.O=C1c2ccccc2C(=O)N1CCCCOc1ccc(Br)cc1.O=CO[O-].Oc1ccc(Br)cc1.[H-].[K+].[K+]. The first kappa shape index (κ1) is 99.9. The van der Waals surface area contributed by atoms with Gasteiger partial charge in [0.25, 0.3) is 30.1 Å². The van der Waals surface area contributed by atoms with E-state index in [1.54, 1.807) is 114 Å². The van der Waals surface area contributed by atoms with Gasteiger partial charge in [-0.05, 0) is 242 Å². The van der Waals surface area contributed by atoms with Crippen molar-refractivity contribution in [2.75, 3.05) is 51.3 Å². The maximum atomic E-state index is 12.2. The number of carbonyl (C=O) groups excluding carboxylic acids is 8. The van der Waals surface area contributed by atoms with Crippen molar-refractivity contribution in [2.24, 2.45) is 5.73 Å². The van der Waals surface area contributed by atoms with Gasteiger partial charge in [0.1, 0.15) is 39.8 Å². The molecule has 5 amide bonds. The third-order valence-electron chi connectivity index (χ3n) is 12.2. The number of rotatable bonds is 22. The Balaban J connectivity index is -0.00000117. The largest absolute Gasteiger partial charge is 1.00 e. The van der Waals surface area contributed by atoms with E-state index in [4.69, 9.17) is 49.3 Å². The molecule has 0 radical (unpaired) electrons. The Hall–Kier alpha value is -4.13. The average Bonchev–Trinajstić information content (AvgIpc) is 1.65. The summed E-state index contributed by atoms with van der Waals surface area (Å²) in [5.74, 6) is 2.18. The van der Waals surface area contributed by atoms with Crippen LogP contribution in [0.15, 0.2) is 163 Å². The first-order valence-corrected chi connectivity index (χ1v) is 35.7. The molecule has 8 rings (SSSR count). The molecule has 0 aliphatic carbocycles. The van der Waals surface area contributed by atoms with Gasteiger partial charge in [0.2, 0.25) is 0 Å². The molecular weight excluding hydrogens is 1700 g/mol. The number of phenols is 1. The smallest absolute Gasteiger partial charge is 1.00 e. The molecule has 0 atom stereocenters. The van der Waals surface area contributed by atoms with Gasteiger partial charge in [-0.1, -0.05) is 111 Å². The number of aromatic hydroxyl groups is 1. The summed E-state index contributed by atoms with van der Waals surface area (Å²) in [5, 5.41) is 20.8. The van der Waals surface area contributed by atoms with Crippen LogP contribution < -0.4 is 133 Å². The van der Waals surface area contributed by atoms with Crippen molar-refractivity contribution in [1.29, 1.82) is 0 Å². The molecule has 6 aromatic carbocycles. The van der Waals surface area contributed by atoms with Crippen molar-refractivity contribution in [3.05, 3.63) is 186 Å². The third-order valence-corrected chi connectivity index (χ3v) is 14.9. The maximum Gasteiger partial charge on any atom is 1.00 e. The van der Waals surface area contributed by atoms with E-state index >= 15 is 0 Å². The van der Waals surface area contributed by atoms with Crippen LogP contribution in [-0.4, -0.2) is 132 Å². The summed E-state index contributed by atoms with van der Waals surface area (Å²) >= 11 is 16.7. The molecule has 0 fully saturated rings. The second-order valence-electron chi connectivity index (χ2n) is 24.0. The summed E-state index contributed by atoms with van der Waals surface area (Å²) in [7, 11) is 0. The zero-order chi connectivity index (χ0) is 74.0. The zero-order valence-corrected chi connectivity index (χ0v) is 73.2. The molecule has 29 heteroatoms. The van der Waals surface area contributed by atoms with Gasteiger partial charge in [0, 0.05) is 42.9 Å². The molecule has 0 spiro atoms. The van der Waals surface area contributed by atoms with Crippen LogP contribution in [0.3, 0.4) is 0 Å². The first-order valence-electron chi connectivity index (χ1n) is 31.4. The molecule has 4 N–H and O–H groups in total. The Kier molecular flexibility index (Phi) is 54.2. The molecule has 0 unspecified atom stereocenters. The molecule has 22 nitrogen and oxygen atoms in total. The van der Waals surface area contributed by atoms with E-state index < -0.39 is 29.1 Å². The first-order chi connectivity index (χ1) is 46.8. The fraction of sp³-hybridized carbons (Fsp3) is 0.397. The molecule has 550 valence electrons. The number of unbranched alkanes of at least 4 members (excludes halogenated alkanes) is 4. The van der Waals surface area contributed by atoms with Crippen molar-refractivity contribution in [3.63, 3.8) is 0 Å². The molecule has 6 aromatic rings. The van der Waals surface area contributed by atoms with Crippen molar-refractivity contribution in [1.82, 2.24) is 15.1 Å². The van der Waals surface area contributed by atoms with Gasteiger partial charge in [0.05, 0.1) is 42.1 Å². The van der Waals surface area contributed by atoms with E-state index in [2.05, 4.69) is 94.6 Å². The Labute approximate surface area is 728 Å². The Morgan fingerprint density at radius 2 is 0.784 bits per heavy atom. The second-order valence-corrected chi connectivity index (χ2v) is 28.4. The number of alkyl halides is 1. The standard InChI is InChI=1S/C18H16BrNO3.C15H22BrNO3.C12H12BrNO2.C10H14BrNO.C10H18O5.C6H5BrO.CH2O3.CH4.2K.H/c19-13-7-9-14(10-8-13)23-12-4-3-11-20-17(21)15-5-1-2-6-16(15)18(20)22;1-15(2,3)20-14(18)17-10-4-5-11-19-13-8-6-12(16)7-9-13;13-7-3-4-8-14-11(15)9-5-1-2-6-10(9)12(14)16;11-9-3-5-10(6-4-9)13-8-2-1-7-12;1-9(2,3)14-7(11)13-8(12)15-10(4,5)6;7-5-1-3-6(8)4-2-5;2-1-4-3;;;;/h1-2,5-10H,3-4,11-12H2;6-9H,4-5,10-11H2,1-3H3,(H,17,18);1-2,5-6H,3-4,7-8H2;3-6H,1-2,7-8,12H2;1-6H3;1-4,8H;1,3H;1H4;;;/q;;;;;;;;2*+1;-1/p-1. The van der Waals surface area contributed by atoms with Crippen molar-refractivity contribution >= 4 is 128 Å². The summed E-state index contributed by atoms with van der Waals surface area (Å²) in [6, 6.07) is 44.0. The number of hydrogen-bond acceptors (Lipinski definition) is 19. The predicted molar refractivity (Wildman–Crippen MR) is 401 cm³/mol. The van der Waals surface area contributed by atoms with E-state index in [-0.39, 0.29) is 148 Å². The van der Waals surface area contributed by atoms with Gasteiger partial charge in [-0.25, -0.2) is 14.4 Å². The number of hydrogen-bond donors (Lipinski definition) is 3. The summed E-state index contributed by atoms with van der Waals surface area (Å²) in [4.78, 5) is 95.5. The van der Waals surface area contributed by atoms with Crippen molar-refractivity contribution in [2.45, 2.75) is 138 Å². The molecule has 0 bridgehead atoms. The third kappa shape index (κ3) is 45.4. The van der Waals surface area contributed by atoms with Gasteiger partial charge in [-0.3, -0.25) is 33.8 Å². The second kappa shape index (κ2) is 55.3. The molecule has 2 heterocycles. The van der Waals surface area contributed by atoms with E-state index in [0.717, 1.165) is 105 Å². The van der Waals surface area contributed by atoms with Crippen LogP contribution >= 0.6 is 79.6 Å². The van der Waals surface area contributed by atoms with Crippen LogP contribution in [0.5, 0.6) is 23.0 Å². The summed E-state index contributed by atoms with van der Waals surface area (Å²) in [6.45, 7) is 19.6. The number of ether oxygens (including phenoxy) is 7. The van der Waals surface area contributed by atoms with E-state index in [9.17, 15) is 33.6 Å². The quantitative estimate of drug-likeness (QED) is 0.00543. The number of nitrogens with zero attached hydrogens (tertiary/aromatic N) is 2. The number of fused-ring (bicyclic) bond motifs is 2. The van der Waals surface area contributed by atoms with Crippen LogP contribution in [0.25, 0.3) is 0 Å². The number of imide groups is 2. The number of carbonyl (C=O) groups is 8. The van der Waals surface area contributed by atoms with Crippen LogP contribution in [0.2, 0.25) is 0 Å². The van der Waals surface area contributed by atoms with Gasteiger partial charge in [-0.2, -0.15) is 0 Å². The summed E-state index contributed by atoms with van der Waals surface area (Å²) < 4.78 is 39.7. The molecule has 2 aliphatic heterocycles. The summed E-state index contributed by atoms with van der Waals surface area (Å²) in [5.41, 5.74) is 5.60. The Morgan fingerprint density at radius 3 is 1.07 bits per heavy atom. The van der Waals surface area contributed by atoms with Gasteiger partial charge in [-0.15, -0.1) is 0 Å². The summed E-state index contributed by atoms with van der Waals surface area (Å²) in [6.07, 6.45) is 4.61. The number of benzene rings is 6. The predicted octanol–water partition coefficient (Wildman–Crippen LogP) is 11.3. The minimum absolute atomic E-state index is 0. The number of halogens is 5. The van der Waals surface area contributed by atoms with E-state index in [1.807, 2.05) is 93.6 Å². The van der Waals surface area contributed by atoms with Gasteiger partial charge < -0.3 is 60.9 Å². The van der Waals surface area contributed by atoms with Crippen LogP contribution in [0.4, 0.5) is 14.4 Å². The molecule has 0 aromatic heterocycles. The van der Waals surface area contributed by atoms with E-state index in [1.165, 1.54) is 9.80 Å². The van der Waals surface area contributed by atoms with Crippen LogP contribution in [0.1, 0.15) is 164 Å². The Morgan fingerprint density at radius 1 is 0.490 bits per heavy atom. The minimum atomic E-state index is -1.06.